The Balaban J connectivity index is 2.22. The molecule has 0 saturated heterocycles. The second-order valence-electron chi connectivity index (χ2n) is 2.93. The summed E-state index contributed by atoms with van der Waals surface area (Å²) in [6.45, 7) is 0. The summed E-state index contributed by atoms with van der Waals surface area (Å²) in [5.74, 6) is -2.65. The fraction of sp³-hybridized carbons (Fsp3) is 0. The third kappa shape index (κ3) is 2.06. The molecule has 0 saturated carbocycles. The minimum absolute atomic E-state index is 0.175. The maximum Gasteiger partial charge on any atom is 0.275 e. The van der Waals surface area contributed by atoms with E-state index < -0.39 is 17.5 Å². The lowest BCUT2D eigenvalue weighted by molar-refractivity contribution is 0.102. The van der Waals surface area contributed by atoms with Crippen LogP contribution in [0.1, 0.15) is 10.5 Å². The monoisotopic (exact) mass is 240 g/mol. The van der Waals surface area contributed by atoms with Crippen LogP contribution in [0.15, 0.2) is 29.1 Å². The summed E-state index contributed by atoms with van der Waals surface area (Å²) in [6, 6.07) is 3.57. The Morgan fingerprint density at radius 2 is 2.19 bits per heavy atom. The Morgan fingerprint density at radius 1 is 1.38 bits per heavy atom. The van der Waals surface area contributed by atoms with Crippen molar-refractivity contribution in [3.63, 3.8) is 0 Å². The molecule has 0 aliphatic heterocycles. The predicted octanol–water partition coefficient (Wildman–Crippen LogP) is 2.67. The first-order valence-corrected chi connectivity index (χ1v) is 5.26. The zero-order valence-corrected chi connectivity index (χ0v) is 8.72. The van der Waals surface area contributed by atoms with Gasteiger partial charge in [0.05, 0.1) is 11.2 Å². The molecule has 0 fully saturated rings. The first-order chi connectivity index (χ1) is 7.68. The number of anilines is 1. The molecule has 2 aromatic rings. The second kappa shape index (κ2) is 4.36. The molecule has 0 radical (unpaired) electrons. The summed E-state index contributed by atoms with van der Waals surface area (Å²) in [4.78, 5) is 15.2. The quantitative estimate of drug-likeness (QED) is 0.876. The highest BCUT2D eigenvalue weighted by Gasteiger charge is 2.12. The van der Waals surface area contributed by atoms with E-state index >= 15 is 0 Å². The van der Waals surface area contributed by atoms with E-state index in [1.165, 1.54) is 34.4 Å². The topological polar surface area (TPSA) is 42.0 Å². The van der Waals surface area contributed by atoms with Crippen LogP contribution >= 0.6 is 11.3 Å². The number of carbonyl (C=O) groups is 1. The van der Waals surface area contributed by atoms with E-state index in [0.29, 0.717) is 0 Å². The van der Waals surface area contributed by atoms with E-state index in [9.17, 15) is 13.6 Å². The minimum Gasteiger partial charge on any atom is -0.318 e. The highest BCUT2D eigenvalue weighted by atomic mass is 32.1. The molecule has 0 bridgehead atoms. The first kappa shape index (κ1) is 10.7. The van der Waals surface area contributed by atoms with E-state index in [1.54, 1.807) is 0 Å². The zero-order chi connectivity index (χ0) is 11.5. The number of carbonyl (C=O) groups excluding carboxylic acids is 1. The Bertz CT molecular complexity index is 514. The highest BCUT2D eigenvalue weighted by molar-refractivity contribution is 7.07. The van der Waals surface area contributed by atoms with Crippen LogP contribution in [-0.4, -0.2) is 10.9 Å². The van der Waals surface area contributed by atoms with Crippen molar-refractivity contribution >= 4 is 22.9 Å². The molecule has 1 aromatic heterocycles. The van der Waals surface area contributed by atoms with Crippen LogP contribution in [0.4, 0.5) is 14.5 Å². The van der Waals surface area contributed by atoms with Crippen LogP contribution in [0.25, 0.3) is 0 Å². The molecule has 2 rings (SSSR count). The van der Waals surface area contributed by atoms with Crippen molar-refractivity contribution in [3.8, 4) is 0 Å². The van der Waals surface area contributed by atoms with Gasteiger partial charge < -0.3 is 5.32 Å². The number of nitrogens with one attached hydrogen (secondary N) is 1. The maximum absolute atomic E-state index is 13.2. The van der Waals surface area contributed by atoms with Gasteiger partial charge in [-0.3, -0.25) is 4.79 Å². The molecule has 3 nitrogen and oxygen atoms in total. The Hall–Kier alpha value is -1.82. The van der Waals surface area contributed by atoms with Crippen molar-refractivity contribution in [2.24, 2.45) is 0 Å². The molecule has 1 amide bonds. The summed E-state index contributed by atoms with van der Waals surface area (Å²) in [5.41, 5.74) is 1.46. The summed E-state index contributed by atoms with van der Waals surface area (Å²) in [7, 11) is 0. The highest BCUT2D eigenvalue weighted by Crippen LogP contribution is 2.17. The number of thiazole rings is 1. The normalized spacial score (nSPS) is 10.1. The molecule has 82 valence electrons. The SMILES string of the molecule is O=C(Nc1cccc(F)c1F)c1cscn1. The van der Waals surface area contributed by atoms with Gasteiger partial charge in [0.2, 0.25) is 0 Å². The Kier molecular flexibility index (Phi) is 2.91. The van der Waals surface area contributed by atoms with Crippen molar-refractivity contribution in [2.75, 3.05) is 5.32 Å². The third-order valence-electron chi connectivity index (χ3n) is 1.86. The molecule has 1 heterocycles. The Morgan fingerprint density at radius 3 is 2.88 bits per heavy atom. The summed E-state index contributed by atoms with van der Waals surface area (Å²) < 4.78 is 26.0. The lowest BCUT2D eigenvalue weighted by atomic mass is 10.3. The van der Waals surface area contributed by atoms with Crippen LogP contribution in [-0.2, 0) is 0 Å². The number of rotatable bonds is 2. The maximum atomic E-state index is 13.2. The molecule has 1 aromatic carbocycles. The lowest BCUT2D eigenvalue weighted by Crippen LogP contribution is -2.13. The molecular formula is C10H6F2N2OS. The molecule has 0 aliphatic carbocycles. The van der Waals surface area contributed by atoms with Gasteiger partial charge in [-0.25, -0.2) is 13.8 Å². The zero-order valence-electron chi connectivity index (χ0n) is 7.91. The van der Waals surface area contributed by atoms with Gasteiger partial charge in [0, 0.05) is 5.38 Å². The standard InChI is InChI=1S/C10H6F2N2OS/c11-6-2-1-3-7(9(6)12)14-10(15)8-4-16-5-13-8/h1-5H,(H,14,15). The Labute approximate surface area is 93.8 Å². The van der Waals surface area contributed by atoms with E-state index in [2.05, 4.69) is 10.3 Å². The van der Waals surface area contributed by atoms with Crippen molar-refractivity contribution < 1.29 is 13.6 Å². The first-order valence-electron chi connectivity index (χ1n) is 4.32. The van der Waals surface area contributed by atoms with E-state index in [1.807, 2.05) is 0 Å². The van der Waals surface area contributed by atoms with Gasteiger partial charge >= 0.3 is 0 Å². The molecule has 16 heavy (non-hydrogen) atoms. The molecule has 0 aliphatic rings. The third-order valence-corrected chi connectivity index (χ3v) is 2.45. The van der Waals surface area contributed by atoms with Crippen molar-refractivity contribution in [3.05, 3.63) is 46.4 Å². The van der Waals surface area contributed by atoms with Crippen molar-refractivity contribution in [1.82, 2.24) is 4.98 Å². The fourth-order valence-electron chi connectivity index (χ4n) is 1.11. The molecular weight excluding hydrogens is 234 g/mol. The van der Waals surface area contributed by atoms with Crippen LogP contribution in [0, 0.1) is 11.6 Å². The number of halogens is 2. The largest absolute Gasteiger partial charge is 0.318 e. The van der Waals surface area contributed by atoms with Crippen LogP contribution in [0.5, 0.6) is 0 Å². The smallest absolute Gasteiger partial charge is 0.275 e. The molecule has 0 spiro atoms. The summed E-state index contributed by atoms with van der Waals surface area (Å²) >= 11 is 1.25. The van der Waals surface area contributed by atoms with Gasteiger partial charge in [-0.2, -0.15) is 0 Å². The number of hydrogen-bond donors (Lipinski definition) is 1. The van der Waals surface area contributed by atoms with E-state index in [4.69, 9.17) is 0 Å². The fourth-order valence-corrected chi connectivity index (χ4v) is 1.64. The molecule has 6 heteroatoms. The average molecular weight is 240 g/mol. The minimum atomic E-state index is -1.08. The number of benzene rings is 1. The van der Waals surface area contributed by atoms with Gasteiger partial charge in [0.15, 0.2) is 11.6 Å². The van der Waals surface area contributed by atoms with Gasteiger partial charge in [0.25, 0.3) is 5.91 Å². The van der Waals surface area contributed by atoms with Gasteiger partial charge in [0.1, 0.15) is 5.69 Å². The summed E-state index contributed by atoms with van der Waals surface area (Å²) in [5, 5.41) is 3.76. The number of aromatic nitrogens is 1. The number of hydrogen-bond acceptors (Lipinski definition) is 3. The van der Waals surface area contributed by atoms with Crippen LogP contribution in [0.2, 0.25) is 0 Å². The van der Waals surface area contributed by atoms with Crippen molar-refractivity contribution in [2.45, 2.75) is 0 Å². The lowest BCUT2D eigenvalue weighted by Gasteiger charge is -2.04. The number of amides is 1. The number of nitrogens with zero attached hydrogens (tertiary/aromatic N) is 1. The van der Waals surface area contributed by atoms with Crippen LogP contribution < -0.4 is 5.32 Å². The van der Waals surface area contributed by atoms with E-state index in [-0.39, 0.29) is 11.4 Å². The van der Waals surface area contributed by atoms with E-state index in [0.717, 1.165) is 6.07 Å². The average Bonchev–Trinajstić information content (AvgIpc) is 2.78. The van der Waals surface area contributed by atoms with Gasteiger partial charge in [-0.05, 0) is 12.1 Å². The second-order valence-corrected chi connectivity index (χ2v) is 3.65. The van der Waals surface area contributed by atoms with Crippen LogP contribution in [0.3, 0.4) is 0 Å². The summed E-state index contributed by atoms with van der Waals surface area (Å²) in [6.07, 6.45) is 0. The van der Waals surface area contributed by atoms with Gasteiger partial charge in [-0.1, -0.05) is 6.07 Å². The van der Waals surface area contributed by atoms with Gasteiger partial charge in [-0.15, -0.1) is 11.3 Å². The molecule has 1 N–H and O–H groups in total. The molecule has 0 unspecified atom stereocenters. The van der Waals surface area contributed by atoms with Crippen molar-refractivity contribution in [1.29, 1.82) is 0 Å². The molecule has 0 atom stereocenters. The predicted molar refractivity (Wildman–Crippen MR) is 56.4 cm³/mol.